The molecule has 6 nitrogen and oxygen atoms in total. The lowest BCUT2D eigenvalue weighted by atomic mass is 10.3. The minimum atomic E-state index is -3.80. The maximum atomic E-state index is 12.4. The highest BCUT2D eigenvalue weighted by Gasteiger charge is 2.22. The van der Waals surface area contributed by atoms with Crippen molar-refractivity contribution in [3.8, 4) is 0 Å². The SMILES string of the molecule is C[C@@H](Cc1ncc(F)cn1)S(=O)(=O)ON. The molecule has 0 spiro atoms. The molecule has 1 aromatic heterocycles. The molecule has 0 aliphatic rings. The van der Waals surface area contributed by atoms with E-state index in [0.717, 1.165) is 12.4 Å². The molecule has 0 saturated carbocycles. The van der Waals surface area contributed by atoms with E-state index in [1.165, 1.54) is 6.92 Å². The molecule has 1 aromatic rings. The molecule has 84 valence electrons. The Morgan fingerprint density at radius 2 is 2.07 bits per heavy atom. The van der Waals surface area contributed by atoms with E-state index in [0.29, 0.717) is 0 Å². The van der Waals surface area contributed by atoms with E-state index >= 15 is 0 Å². The van der Waals surface area contributed by atoms with E-state index in [-0.39, 0.29) is 12.2 Å². The summed E-state index contributed by atoms with van der Waals surface area (Å²) in [5.41, 5.74) is 0. The Balaban J connectivity index is 2.75. The third-order valence-corrected chi connectivity index (χ3v) is 3.19. The van der Waals surface area contributed by atoms with Crippen LogP contribution in [0.25, 0.3) is 0 Å². The fourth-order valence-electron chi connectivity index (χ4n) is 0.898. The first-order valence-electron chi connectivity index (χ1n) is 4.04. The predicted octanol–water partition coefficient (Wildman–Crippen LogP) is -0.233. The minimum absolute atomic E-state index is 0.0137. The molecule has 8 heteroatoms. The van der Waals surface area contributed by atoms with Gasteiger partial charge in [0.2, 0.25) is 0 Å². The van der Waals surface area contributed by atoms with Gasteiger partial charge < -0.3 is 0 Å². The number of hydrogen-bond acceptors (Lipinski definition) is 6. The molecule has 0 aliphatic carbocycles. The van der Waals surface area contributed by atoms with Crippen molar-refractivity contribution in [2.45, 2.75) is 18.6 Å². The van der Waals surface area contributed by atoms with E-state index in [1.54, 1.807) is 0 Å². The molecule has 1 heterocycles. The highest BCUT2D eigenvalue weighted by molar-refractivity contribution is 7.87. The van der Waals surface area contributed by atoms with Gasteiger partial charge in [0.25, 0.3) is 10.1 Å². The third-order valence-electron chi connectivity index (χ3n) is 1.77. The van der Waals surface area contributed by atoms with Crippen LogP contribution in [0.5, 0.6) is 0 Å². The summed E-state index contributed by atoms with van der Waals surface area (Å²) < 4.78 is 38.5. The van der Waals surface area contributed by atoms with E-state index in [2.05, 4.69) is 20.1 Å². The summed E-state index contributed by atoms with van der Waals surface area (Å²) in [7, 11) is -3.80. The largest absolute Gasteiger partial charge is 0.286 e. The Labute approximate surface area is 86.4 Å². The van der Waals surface area contributed by atoms with Crippen LogP contribution < -0.4 is 5.90 Å². The molecular formula is C7H10FN3O3S. The molecule has 0 radical (unpaired) electrons. The second kappa shape index (κ2) is 4.60. The first-order valence-corrected chi connectivity index (χ1v) is 5.51. The van der Waals surface area contributed by atoms with Crippen molar-refractivity contribution in [3.05, 3.63) is 24.0 Å². The highest BCUT2D eigenvalue weighted by atomic mass is 32.2. The van der Waals surface area contributed by atoms with Crippen molar-refractivity contribution in [2.75, 3.05) is 0 Å². The van der Waals surface area contributed by atoms with Crippen LogP contribution in [0.3, 0.4) is 0 Å². The molecule has 2 N–H and O–H groups in total. The van der Waals surface area contributed by atoms with Gasteiger partial charge in [-0.1, -0.05) is 0 Å². The van der Waals surface area contributed by atoms with Crippen LogP contribution in [-0.4, -0.2) is 23.6 Å². The Morgan fingerprint density at radius 3 is 2.53 bits per heavy atom. The van der Waals surface area contributed by atoms with Crippen LogP contribution in [0, 0.1) is 5.82 Å². The van der Waals surface area contributed by atoms with E-state index in [4.69, 9.17) is 0 Å². The monoisotopic (exact) mass is 235 g/mol. The van der Waals surface area contributed by atoms with Gasteiger partial charge in [0.05, 0.1) is 17.6 Å². The number of hydrogen-bond donors (Lipinski definition) is 1. The summed E-state index contributed by atoms with van der Waals surface area (Å²) >= 11 is 0. The topological polar surface area (TPSA) is 95.2 Å². The standard InChI is InChI=1S/C7H10FN3O3S/c1-5(15(12,13)14-9)2-7-10-3-6(8)4-11-7/h3-5H,2,9H2,1H3/t5-/m0/s1. The summed E-state index contributed by atoms with van der Waals surface area (Å²) in [6.45, 7) is 1.40. The molecule has 0 bridgehead atoms. The van der Waals surface area contributed by atoms with E-state index in [9.17, 15) is 12.8 Å². The van der Waals surface area contributed by atoms with Gasteiger partial charge in [-0.2, -0.15) is 18.6 Å². The number of aromatic nitrogens is 2. The molecule has 0 fully saturated rings. The first-order chi connectivity index (χ1) is 6.95. The zero-order valence-electron chi connectivity index (χ0n) is 7.92. The van der Waals surface area contributed by atoms with Crippen LogP contribution in [0.1, 0.15) is 12.7 Å². The number of nitrogens with two attached hydrogens (primary N) is 1. The van der Waals surface area contributed by atoms with E-state index < -0.39 is 21.2 Å². The highest BCUT2D eigenvalue weighted by Crippen LogP contribution is 2.06. The zero-order valence-corrected chi connectivity index (χ0v) is 8.74. The van der Waals surface area contributed by atoms with Gasteiger partial charge in [-0.3, -0.25) is 0 Å². The van der Waals surface area contributed by atoms with E-state index in [1.807, 2.05) is 0 Å². The maximum Gasteiger partial charge on any atom is 0.286 e. The Kier molecular flexibility index (Phi) is 3.66. The average molecular weight is 235 g/mol. The van der Waals surface area contributed by atoms with Gasteiger partial charge in [-0.25, -0.2) is 14.4 Å². The van der Waals surface area contributed by atoms with Crippen LogP contribution in [0.4, 0.5) is 4.39 Å². The molecule has 0 aromatic carbocycles. The fourth-order valence-corrected chi connectivity index (χ4v) is 1.44. The molecule has 1 rings (SSSR count). The normalized spacial score (nSPS) is 13.8. The summed E-state index contributed by atoms with van der Waals surface area (Å²) in [4.78, 5) is 7.24. The van der Waals surface area contributed by atoms with Gasteiger partial charge in [0.15, 0.2) is 5.82 Å². The van der Waals surface area contributed by atoms with Crippen LogP contribution in [-0.2, 0) is 20.8 Å². The maximum absolute atomic E-state index is 12.4. The quantitative estimate of drug-likeness (QED) is 0.724. The first kappa shape index (κ1) is 12.0. The number of nitrogens with zero attached hydrogens (tertiary/aromatic N) is 2. The lowest BCUT2D eigenvalue weighted by molar-refractivity contribution is 0.326. The number of halogens is 1. The average Bonchev–Trinajstić information content (AvgIpc) is 2.21. The molecular weight excluding hydrogens is 225 g/mol. The smallest absolute Gasteiger partial charge is 0.238 e. The summed E-state index contributed by atoms with van der Waals surface area (Å²) in [5.74, 6) is 4.23. The fraction of sp³-hybridized carbons (Fsp3) is 0.429. The predicted molar refractivity (Wildman–Crippen MR) is 49.3 cm³/mol. The zero-order chi connectivity index (χ0) is 11.5. The van der Waals surface area contributed by atoms with Gasteiger partial charge in [-0.15, -0.1) is 0 Å². The van der Waals surface area contributed by atoms with Crippen LogP contribution >= 0.6 is 0 Å². The van der Waals surface area contributed by atoms with Crippen molar-refractivity contribution in [2.24, 2.45) is 5.90 Å². The lowest BCUT2D eigenvalue weighted by Gasteiger charge is -2.08. The Hall–Kier alpha value is -1.12. The van der Waals surface area contributed by atoms with Gasteiger partial charge >= 0.3 is 0 Å². The van der Waals surface area contributed by atoms with Crippen molar-refractivity contribution in [1.82, 2.24) is 9.97 Å². The van der Waals surface area contributed by atoms with Crippen molar-refractivity contribution < 1.29 is 17.1 Å². The molecule has 15 heavy (non-hydrogen) atoms. The molecule has 0 unspecified atom stereocenters. The van der Waals surface area contributed by atoms with Crippen LogP contribution in [0.15, 0.2) is 12.4 Å². The summed E-state index contributed by atoms with van der Waals surface area (Å²) in [6.07, 6.45) is 1.94. The minimum Gasteiger partial charge on any atom is -0.238 e. The Bertz CT molecular complexity index is 420. The molecule has 1 atom stereocenters. The van der Waals surface area contributed by atoms with Crippen molar-refractivity contribution >= 4 is 10.1 Å². The van der Waals surface area contributed by atoms with Crippen molar-refractivity contribution in [3.63, 3.8) is 0 Å². The lowest BCUT2D eigenvalue weighted by Crippen LogP contribution is -2.26. The Morgan fingerprint density at radius 1 is 1.53 bits per heavy atom. The second-order valence-electron chi connectivity index (χ2n) is 2.92. The molecule has 0 saturated heterocycles. The molecule has 0 aliphatic heterocycles. The third kappa shape index (κ3) is 3.18. The van der Waals surface area contributed by atoms with Gasteiger partial charge in [0.1, 0.15) is 5.82 Å². The second-order valence-corrected chi connectivity index (χ2v) is 4.90. The summed E-state index contributed by atoms with van der Waals surface area (Å²) in [5, 5.41) is -0.882. The summed E-state index contributed by atoms with van der Waals surface area (Å²) in [6, 6.07) is 0. The van der Waals surface area contributed by atoms with Gasteiger partial charge in [-0.05, 0) is 6.92 Å². The number of rotatable bonds is 4. The molecule has 0 amide bonds. The van der Waals surface area contributed by atoms with Crippen molar-refractivity contribution in [1.29, 1.82) is 0 Å². The van der Waals surface area contributed by atoms with Gasteiger partial charge in [0, 0.05) is 6.42 Å². The van der Waals surface area contributed by atoms with Crippen LogP contribution in [0.2, 0.25) is 0 Å².